The number of carbonyl (C=O) groups is 2. The number of hydrogen-bond acceptors (Lipinski definition) is 4. The molecule has 2 bridgehead atoms. The highest BCUT2D eigenvalue weighted by Gasteiger charge is 2.56. The number of ether oxygens (including phenoxy) is 2. The first kappa shape index (κ1) is 17.1. The Kier molecular flexibility index (Phi) is 4.23. The predicted molar refractivity (Wildman–Crippen MR) is 95.6 cm³/mol. The zero-order valence-electron chi connectivity index (χ0n) is 15.0. The van der Waals surface area contributed by atoms with E-state index in [2.05, 4.69) is 6.58 Å². The van der Waals surface area contributed by atoms with E-state index in [4.69, 9.17) is 9.47 Å². The van der Waals surface area contributed by atoms with E-state index < -0.39 is 11.6 Å². The lowest BCUT2D eigenvalue weighted by atomic mass is 9.73. The molecule has 2 fully saturated rings. The second kappa shape index (κ2) is 6.43. The number of rotatable bonds is 3. The summed E-state index contributed by atoms with van der Waals surface area (Å²) in [5, 5.41) is 0. The fourth-order valence-corrected chi connectivity index (χ4v) is 4.38. The molecular formula is C20H24N2O4. The molecule has 0 aliphatic carbocycles. The Hall–Kier alpha value is -2.34. The summed E-state index contributed by atoms with van der Waals surface area (Å²) in [6.07, 6.45) is 2.29. The number of benzene rings is 1. The number of piperidine rings is 1. The molecule has 3 heterocycles. The van der Waals surface area contributed by atoms with Crippen molar-refractivity contribution in [2.24, 2.45) is 5.92 Å². The van der Waals surface area contributed by atoms with Crippen molar-refractivity contribution in [2.75, 3.05) is 32.8 Å². The molecule has 0 unspecified atom stereocenters. The first-order valence-electron chi connectivity index (χ1n) is 9.12. The van der Waals surface area contributed by atoms with Gasteiger partial charge in [-0.3, -0.25) is 9.59 Å². The second-order valence-electron chi connectivity index (χ2n) is 7.28. The lowest BCUT2D eigenvalue weighted by Gasteiger charge is -2.53. The monoisotopic (exact) mass is 356 g/mol. The van der Waals surface area contributed by atoms with Gasteiger partial charge in [0.05, 0.1) is 13.2 Å². The van der Waals surface area contributed by atoms with Crippen molar-refractivity contribution in [3.8, 4) is 5.75 Å². The van der Waals surface area contributed by atoms with Gasteiger partial charge in [-0.1, -0.05) is 24.3 Å². The van der Waals surface area contributed by atoms with Crippen LogP contribution in [0.25, 0.3) is 0 Å². The summed E-state index contributed by atoms with van der Waals surface area (Å²) in [6.45, 7) is 8.16. The van der Waals surface area contributed by atoms with Gasteiger partial charge in [0, 0.05) is 32.0 Å². The molecule has 3 aliphatic heterocycles. The third kappa shape index (κ3) is 2.60. The van der Waals surface area contributed by atoms with Crippen LogP contribution in [0.3, 0.4) is 0 Å². The average molecular weight is 356 g/mol. The molecule has 3 atom stereocenters. The van der Waals surface area contributed by atoms with Gasteiger partial charge in [-0.05, 0) is 18.6 Å². The summed E-state index contributed by atoms with van der Waals surface area (Å²) in [4.78, 5) is 30.1. The lowest BCUT2D eigenvalue weighted by molar-refractivity contribution is -0.177. The van der Waals surface area contributed by atoms with Gasteiger partial charge in [0.2, 0.25) is 11.8 Å². The molecule has 6 heteroatoms. The molecule has 1 aromatic rings. The van der Waals surface area contributed by atoms with Crippen LogP contribution < -0.4 is 4.74 Å². The van der Waals surface area contributed by atoms with E-state index in [0.717, 1.165) is 11.3 Å². The van der Waals surface area contributed by atoms with Gasteiger partial charge >= 0.3 is 0 Å². The van der Waals surface area contributed by atoms with Crippen molar-refractivity contribution in [1.82, 2.24) is 9.80 Å². The summed E-state index contributed by atoms with van der Waals surface area (Å²) in [6, 6.07) is 7.73. The van der Waals surface area contributed by atoms with Gasteiger partial charge < -0.3 is 19.3 Å². The van der Waals surface area contributed by atoms with Crippen LogP contribution in [0.4, 0.5) is 0 Å². The Morgan fingerprint density at radius 3 is 2.81 bits per heavy atom. The minimum Gasteiger partial charge on any atom is -0.468 e. The van der Waals surface area contributed by atoms with Crippen LogP contribution in [0.15, 0.2) is 36.9 Å². The van der Waals surface area contributed by atoms with Gasteiger partial charge in [-0.15, -0.1) is 6.58 Å². The van der Waals surface area contributed by atoms with E-state index in [1.807, 2.05) is 31.2 Å². The third-order valence-electron chi connectivity index (χ3n) is 5.65. The summed E-state index contributed by atoms with van der Waals surface area (Å²) in [5.74, 6) is -0.404. The molecular weight excluding hydrogens is 332 g/mol. The van der Waals surface area contributed by atoms with Crippen LogP contribution >= 0.6 is 0 Å². The number of hydrogen-bond donors (Lipinski definition) is 0. The maximum absolute atomic E-state index is 13.3. The van der Waals surface area contributed by atoms with Crippen LogP contribution in [0.1, 0.15) is 24.8 Å². The lowest BCUT2D eigenvalue weighted by Crippen LogP contribution is -2.65. The maximum atomic E-state index is 13.3. The molecule has 0 N–H and O–H groups in total. The van der Waals surface area contributed by atoms with Gasteiger partial charge in [0.1, 0.15) is 11.7 Å². The summed E-state index contributed by atoms with van der Waals surface area (Å²) >= 11 is 0. The highest BCUT2D eigenvalue weighted by molar-refractivity contribution is 6.02. The minimum atomic E-state index is -0.758. The summed E-state index contributed by atoms with van der Waals surface area (Å²) in [5.41, 5.74) is 0.190. The Morgan fingerprint density at radius 2 is 2.08 bits per heavy atom. The number of nitrogens with zero attached hydrogens (tertiary/aromatic N) is 2. The third-order valence-corrected chi connectivity index (χ3v) is 5.65. The molecule has 0 radical (unpaired) electrons. The SMILES string of the molecule is C=CCN1C(=O)[C@@H](C(=O)N2CCOCC2)[C@H]2C[C@]1(C)Oc1ccccc12. The van der Waals surface area contributed by atoms with Gasteiger partial charge in [-0.2, -0.15) is 0 Å². The molecule has 26 heavy (non-hydrogen) atoms. The van der Waals surface area contributed by atoms with E-state index in [1.54, 1.807) is 15.9 Å². The molecule has 1 aromatic carbocycles. The number of fused-ring (bicyclic) bond motifs is 4. The number of para-hydroxylation sites is 1. The molecule has 4 rings (SSSR count). The summed E-state index contributed by atoms with van der Waals surface area (Å²) < 4.78 is 11.6. The van der Waals surface area contributed by atoms with Gasteiger partial charge in [0.15, 0.2) is 5.72 Å². The fraction of sp³-hybridized carbons (Fsp3) is 0.500. The van der Waals surface area contributed by atoms with E-state index in [0.29, 0.717) is 39.3 Å². The molecule has 0 aromatic heterocycles. The first-order chi connectivity index (χ1) is 12.5. The molecule has 6 nitrogen and oxygen atoms in total. The number of amides is 2. The zero-order valence-corrected chi connectivity index (χ0v) is 15.0. The topological polar surface area (TPSA) is 59.1 Å². The van der Waals surface area contributed by atoms with Crippen molar-refractivity contribution >= 4 is 11.8 Å². The van der Waals surface area contributed by atoms with Gasteiger partial charge in [-0.25, -0.2) is 0 Å². The Bertz CT molecular complexity index is 743. The van der Waals surface area contributed by atoms with Crippen molar-refractivity contribution in [3.63, 3.8) is 0 Å². The normalized spacial score (nSPS) is 30.4. The number of morpholine rings is 1. The molecule has 0 spiro atoms. The van der Waals surface area contributed by atoms with Crippen LogP contribution in [-0.2, 0) is 14.3 Å². The van der Waals surface area contributed by atoms with Gasteiger partial charge in [0.25, 0.3) is 0 Å². The standard InChI is InChI=1S/C20H24N2O4/c1-3-8-22-19(24)17(18(23)21-9-11-25-12-10-21)15-13-20(22,2)26-16-7-5-4-6-14(15)16/h3-7,15,17H,1,8-13H2,2H3/t15-,17+,20-/m0/s1. The smallest absolute Gasteiger partial charge is 0.239 e. The maximum Gasteiger partial charge on any atom is 0.239 e. The Labute approximate surface area is 153 Å². The van der Waals surface area contributed by atoms with E-state index in [9.17, 15) is 9.59 Å². The number of likely N-dealkylation sites (tertiary alicyclic amines) is 1. The zero-order chi connectivity index (χ0) is 18.3. The van der Waals surface area contributed by atoms with Crippen LogP contribution in [0, 0.1) is 5.92 Å². The molecule has 138 valence electrons. The first-order valence-corrected chi connectivity index (χ1v) is 9.12. The van der Waals surface area contributed by atoms with Crippen LogP contribution in [0.5, 0.6) is 5.75 Å². The second-order valence-corrected chi connectivity index (χ2v) is 7.28. The van der Waals surface area contributed by atoms with Crippen molar-refractivity contribution in [1.29, 1.82) is 0 Å². The largest absolute Gasteiger partial charge is 0.468 e. The molecule has 2 amide bonds. The highest BCUT2D eigenvalue weighted by atomic mass is 16.5. The Morgan fingerprint density at radius 1 is 1.35 bits per heavy atom. The van der Waals surface area contributed by atoms with Crippen molar-refractivity contribution < 1.29 is 19.1 Å². The minimum absolute atomic E-state index is 0.101. The van der Waals surface area contributed by atoms with Crippen molar-refractivity contribution in [2.45, 2.75) is 25.0 Å². The van der Waals surface area contributed by atoms with E-state index >= 15 is 0 Å². The quantitative estimate of drug-likeness (QED) is 0.612. The predicted octanol–water partition coefficient (Wildman–Crippen LogP) is 1.77. The van der Waals surface area contributed by atoms with E-state index in [-0.39, 0.29) is 17.7 Å². The average Bonchev–Trinajstić information content (AvgIpc) is 2.65. The number of carbonyl (C=O) groups excluding carboxylic acids is 2. The van der Waals surface area contributed by atoms with Crippen LogP contribution in [0.2, 0.25) is 0 Å². The molecule has 2 saturated heterocycles. The molecule has 3 aliphatic rings. The highest BCUT2D eigenvalue weighted by Crippen LogP contribution is 2.50. The summed E-state index contributed by atoms with van der Waals surface area (Å²) in [7, 11) is 0. The molecule has 0 saturated carbocycles. The van der Waals surface area contributed by atoms with E-state index in [1.165, 1.54) is 0 Å². The fourth-order valence-electron chi connectivity index (χ4n) is 4.38. The Balaban J connectivity index is 1.76. The van der Waals surface area contributed by atoms with Crippen molar-refractivity contribution in [3.05, 3.63) is 42.5 Å². The van der Waals surface area contributed by atoms with Crippen LogP contribution in [-0.4, -0.2) is 60.2 Å².